The first-order chi connectivity index (χ1) is 13.0. The van der Waals surface area contributed by atoms with Crippen molar-refractivity contribution >= 4 is 43.9 Å². The fraction of sp³-hybridized carbons (Fsp3) is 0.294. The van der Waals surface area contributed by atoms with Gasteiger partial charge in [-0.3, -0.25) is 4.79 Å². The molecule has 8 nitrogen and oxygen atoms in total. The highest BCUT2D eigenvalue weighted by Crippen LogP contribution is 2.26. The summed E-state index contributed by atoms with van der Waals surface area (Å²) in [7, 11) is 0. The third kappa shape index (κ3) is 3.57. The molecule has 1 unspecified atom stereocenters. The molecule has 4 rings (SSSR count). The van der Waals surface area contributed by atoms with E-state index in [1.54, 1.807) is 41.7 Å². The lowest BCUT2D eigenvalue weighted by atomic mass is 10.1. The standard InChI is InChI=1S/C17H16BrN5O3S/c1-27(25)15-13-3-2-11(16(24)22-4-6-26-7-5-22)8-14(13)23(21-15)17-19-9-12(18)10-20-17/h2-3,8-10H,4-7H2,1H3. The second-order valence-electron chi connectivity index (χ2n) is 6.01. The summed E-state index contributed by atoms with van der Waals surface area (Å²) in [4.78, 5) is 23.1. The molecule has 0 aliphatic carbocycles. The average Bonchev–Trinajstić information content (AvgIpc) is 3.08. The van der Waals surface area contributed by atoms with Gasteiger partial charge in [0.05, 0.1) is 28.6 Å². The van der Waals surface area contributed by atoms with Gasteiger partial charge in [0.2, 0.25) is 0 Å². The van der Waals surface area contributed by atoms with Crippen molar-refractivity contribution in [3.63, 3.8) is 0 Å². The van der Waals surface area contributed by atoms with Crippen LogP contribution in [0.15, 0.2) is 40.1 Å². The van der Waals surface area contributed by atoms with Gasteiger partial charge in [0, 0.05) is 42.2 Å². The lowest BCUT2D eigenvalue weighted by molar-refractivity contribution is 0.0303. The molecule has 0 saturated carbocycles. The van der Waals surface area contributed by atoms with Crippen molar-refractivity contribution in [2.24, 2.45) is 0 Å². The molecule has 1 saturated heterocycles. The average molecular weight is 450 g/mol. The van der Waals surface area contributed by atoms with Gasteiger partial charge in [-0.15, -0.1) is 5.10 Å². The number of carbonyl (C=O) groups is 1. The van der Waals surface area contributed by atoms with E-state index in [0.717, 1.165) is 4.47 Å². The van der Waals surface area contributed by atoms with E-state index in [4.69, 9.17) is 4.74 Å². The summed E-state index contributed by atoms with van der Waals surface area (Å²) < 4.78 is 19.7. The molecule has 1 fully saturated rings. The van der Waals surface area contributed by atoms with Crippen LogP contribution in [0, 0.1) is 0 Å². The number of hydrogen-bond donors (Lipinski definition) is 0. The van der Waals surface area contributed by atoms with Gasteiger partial charge in [-0.2, -0.15) is 4.68 Å². The highest BCUT2D eigenvalue weighted by molar-refractivity contribution is 9.10. The van der Waals surface area contributed by atoms with Crippen LogP contribution in [-0.4, -0.2) is 67.7 Å². The van der Waals surface area contributed by atoms with Crippen molar-refractivity contribution in [1.82, 2.24) is 24.6 Å². The summed E-state index contributed by atoms with van der Waals surface area (Å²) >= 11 is 2.02. The number of hydrogen-bond acceptors (Lipinski definition) is 6. The van der Waals surface area contributed by atoms with E-state index >= 15 is 0 Å². The summed E-state index contributed by atoms with van der Waals surface area (Å²) in [6.45, 7) is 2.21. The summed E-state index contributed by atoms with van der Waals surface area (Å²) in [5, 5.41) is 5.57. The Hall–Kier alpha value is -2.01. The Labute approximate surface area is 166 Å². The lowest BCUT2D eigenvalue weighted by Crippen LogP contribution is -2.40. The first-order valence-corrected chi connectivity index (χ1v) is 10.6. The van der Waals surface area contributed by atoms with Crippen molar-refractivity contribution in [2.45, 2.75) is 5.03 Å². The van der Waals surface area contributed by atoms with Gasteiger partial charge in [0.25, 0.3) is 16.9 Å². The van der Waals surface area contributed by atoms with Crippen LogP contribution >= 0.6 is 15.9 Å². The maximum atomic E-state index is 12.8. The van der Waals surface area contributed by atoms with Crippen molar-refractivity contribution in [3.05, 3.63) is 40.6 Å². The van der Waals surface area contributed by atoms with E-state index in [1.807, 2.05) is 0 Å². The molecule has 3 heterocycles. The Kier molecular flexibility index (Phi) is 5.13. The molecular formula is C17H16BrN5O3S. The van der Waals surface area contributed by atoms with Crippen molar-refractivity contribution < 1.29 is 14.1 Å². The number of amides is 1. The molecule has 1 amide bonds. The molecule has 3 aromatic rings. The molecule has 0 bridgehead atoms. The minimum absolute atomic E-state index is 0.0659. The Bertz CT molecular complexity index is 986. The number of carbonyl (C=O) groups excluding carboxylic acids is 1. The highest BCUT2D eigenvalue weighted by atomic mass is 79.9. The molecule has 2 aromatic heterocycles. The summed E-state index contributed by atoms with van der Waals surface area (Å²) in [6.07, 6.45) is 4.80. The Morgan fingerprint density at radius 2 is 1.96 bits per heavy atom. The van der Waals surface area contributed by atoms with E-state index in [-0.39, 0.29) is 5.91 Å². The molecular weight excluding hydrogens is 434 g/mol. The van der Waals surface area contributed by atoms with Crippen LogP contribution in [0.3, 0.4) is 0 Å². The van der Waals surface area contributed by atoms with Crippen LogP contribution in [0.1, 0.15) is 10.4 Å². The van der Waals surface area contributed by atoms with Crippen molar-refractivity contribution in [2.75, 3.05) is 32.6 Å². The maximum absolute atomic E-state index is 12.8. The molecule has 0 N–H and O–H groups in total. The number of aromatic nitrogens is 4. The number of nitrogens with zero attached hydrogens (tertiary/aromatic N) is 5. The van der Waals surface area contributed by atoms with E-state index < -0.39 is 11.2 Å². The lowest BCUT2D eigenvalue weighted by Gasteiger charge is -2.26. The monoisotopic (exact) mass is 449 g/mol. The quantitative estimate of drug-likeness (QED) is 0.565. The summed E-state index contributed by atoms with van der Waals surface area (Å²) in [6, 6.07) is 5.27. The number of fused-ring (bicyclic) bond motifs is 1. The smallest absolute Gasteiger partial charge is 0.271 e. The molecule has 1 aliphatic heterocycles. The van der Waals surface area contributed by atoms with Crippen LogP contribution in [-0.2, 0) is 15.9 Å². The van der Waals surface area contributed by atoms with Crippen LogP contribution < -0.4 is 0 Å². The maximum Gasteiger partial charge on any atom is 0.271 e. The Balaban J connectivity index is 1.82. The number of benzene rings is 1. The second-order valence-corrected chi connectivity index (χ2v) is 8.22. The third-order valence-corrected chi connectivity index (χ3v) is 5.52. The van der Waals surface area contributed by atoms with E-state index in [0.29, 0.717) is 53.7 Å². The predicted molar refractivity (Wildman–Crippen MR) is 103 cm³/mol. The summed E-state index contributed by atoms with van der Waals surface area (Å²) in [5.74, 6) is 0.278. The zero-order valence-electron chi connectivity index (χ0n) is 14.5. The molecule has 10 heteroatoms. The first kappa shape index (κ1) is 18.4. The Morgan fingerprint density at radius 3 is 2.63 bits per heavy atom. The Morgan fingerprint density at radius 1 is 1.26 bits per heavy atom. The van der Waals surface area contributed by atoms with E-state index in [9.17, 15) is 9.35 Å². The molecule has 1 aliphatic rings. The van der Waals surface area contributed by atoms with E-state index in [1.165, 1.54) is 4.68 Å². The van der Waals surface area contributed by atoms with Gasteiger partial charge in [-0.1, -0.05) is 0 Å². The zero-order valence-corrected chi connectivity index (χ0v) is 16.9. The van der Waals surface area contributed by atoms with Crippen LogP contribution in [0.2, 0.25) is 0 Å². The van der Waals surface area contributed by atoms with E-state index in [2.05, 4.69) is 31.0 Å². The van der Waals surface area contributed by atoms with Crippen LogP contribution in [0.25, 0.3) is 16.9 Å². The molecule has 0 spiro atoms. The molecule has 0 radical (unpaired) electrons. The largest absolute Gasteiger partial charge is 0.610 e. The molecule has 140 valence electrons. The topological polar surface area (TPSA) is 96.2 Å². The minimum atomic E-state index is -1.29. The van der Waals surface area contributed by atoms with Gasteiger partial charge in [0.15, 0.2) is 0 Å². The zero-order chi connectivity index (χ0) is 19.0. The van der Waals surface area contributed by atoms with Gasteiger partial charge in [-0.25, -0.2) is 9.97 Å². The van der Waals surface area contributed by atoms with Gasteiger partial charge < -0.3 is 14.2 Å². The first-order valence-electron chi connectivity index (χ1n) is 8.26. The molecule has 1 aromatic carbocycles. The van der Waals surface area contributed by atoms with Crippen LogP contribution in [0.5, 0.6) is 0 Å². The van der Waals surface area contributed by atoms with Gasteiger partial charge in [-0.05, 0) is 34.1 Å². The minimum Gasteiger partial charge on any atom is -0.610 e. The van der Waals surface area contributed by atoms with Crippen LogP contribution in [0.4, 0.5) is 0 Å². The van der Waals surface area contributed by atoms with Crippen molar-refractivity contribution in [3.8, 4) is 5.95 Å². The van der Waals surface area contributed by atoms with Crippen molar-refractivity contribution in [1.29, 1.82) is 0 Å². The van der Waals surface area contributed by atoms with Gasteiger partial charge >= 0.3 is 0 Å². The normalized spacial score (nSPS) is 15.9. The summed E-state index contributed by atoms with van der Waals surface area (Å²) in [5.41, 5.74) is 1.18. The number of halogens is 1. The molecule has 1 atom stereocenters. The number of morpholine rings is 1. The molecule has 27 heavy (non-hydrogen) atoms. The SMILES string of the molecule is C[S+]([O-])c1nn(-c2ncc(Br)cn2)c2cc(C(=O)N3CCOCC3)ccc12. The van der Waals surface area contributed by atoms with Gasteiger partial charge in [0.1, 0.15) is 6.26 Å². The highest BCUT2D eigenvalue weighted by Gasteiger charge is 2.24. The number of rotatable bonds is 3. The third-order valence-electron chi connectivity index (χ3n) is 4.26. The number of ether oxygens (including phenoxy) is 1. The predicted octanol–water partition coefficient (Wildman–Crippen LogP) is 1.79. The fourth-order valence-electron chi connectivity index (χ4n) is 2.95. The second kappa shape index (κ2) is 7.55. The fourth-order valence-corrected chi connectivity index (χ4v) is 3.83.